The van der Waals surface area contributed by atoms with Gasteiger partial charge < -0.3 is 5.11 Å². The summed E-state index contributed by atoms with van der Waals surface area (Å²) in [5.41, 5.74) is 0. The molecule has 0 fully saturated rings. The Balaban J connectivity index is 3.00. The lowest BCUT2D eigenvalue weighted by Crippen LogP contribution is -1.83. The van der Waals surface area contributed by atoms with E-state index >= 15 is 0 Å². The molecule has 1 N–H and O–H groups in total. The van der Waals surface area contributed by atoms with Gasteiger partial charge in [-0.2, -0.15) is 0 Å². The van der Waals surface area contributed by atoms with Crippen LogP contribution in [0.2, 0.25) is 0 Å². The molecule has 1 nitrogen and oxygen atoms in total. The molecule has 0 aromatic rings. The Hall–Kier alpha value is -0.300. The first-order chi connectivity index (χ1) is 9.41. The first-order valence-electron chi connectivity index (χ1n) is 8.67. The van der Waals surface area contributed by atoms with Crippen LogP contribution >= 0.6 is 0 Å². The summed E-state index contributed by atoms with van der Waals surface area (Å²) < 4.78 is 0. The molecular weight excluding hydrogens is 232 g/mol. The molecule has 114 valence electrons. The fourth-order valence-corrected chi connectivity index (χ4v) is 2.36. The third-order valence-corrected chi connectivity index (χ3v) is 3.67. The van der Waals surface area contributed by atoms with Crippen LogP contribution in [0.15, 0.2) is 12.2 Å². The molecule has 0 amide bonds. The molecule has 0 heterocycles. The van der Waals surface area contributed by atoms with E-state index in [1.54, 1.807) is 0 Å². The van der Waals surface area contributed by atoms with Crippen LogP contribution in [-0.2, 0) is 0 Å². The van der Waals surface area contributed by atoms with Crippen LogP contribution in [0.5, 0.6) is 0 Å². The van der Waals surface area contributed by atoms with E-state index in [1.165, 1.54) is 83.5 Å². The van der Waals surface area contributed by atoms with Crippen molar-refractivity contribution < 1.29 is 5.11 Å². The summed E-state index contributed by atoms with van der Waals surface area (Å²) in [5, 5.41) is 8.66. The lowest BCUT2D eigenvalue weighted by atomic mass is 10.1. The second-order valence-electron chi connectivity index (χ2n) is 5.66. The summed E-state index contributed by atoms with van der Waals surface area (Å²) in [5.74, 6) is 0. The summed E-state index contributed by atoms with van der Waals surface area (Å²) in [6.45, 7) is 2.63. The van der Waals surface area contributed by atoms with Gasteiger partial charge in [0, 0.05) is 6.61 Å². The Bertz CT molecular complexity index is 175. The maximum Gasteiger partial charge on any atom is 0.0431 e. The fourth-order valence-electron chi connectivity index (χ4n) is 2.36. The Morgan fingerprint density at radius 2 is 1.00 bits per heavy atom. The van der Waals surface area contributed by atoms with Crippen LogP contribution in [0.4, 0.5) is 0 Å². The standard InChI is InChI=1S/C18H36O/c1-2-3-4-5-6-7-8-9-10-11-12-13-14-15-16-17-18-19/h8-9,19H,2-7,10-18H2,1H3/b9-8-. The van der Waals surface area contributed by atoms with E-state index in [2.05, 4.69) is 19.1 Å². The largest absolute Gasteiger partial charge is 0.396 e. The van der Waals surface area contributed by atoms with Crippen LogP contribution in [0.3, 0.4) is 0 Å². The van der Waals surface area contributed by atoms with E-state index in [4.69, 9.17) is 5.11 Å². The molecule has 0 atom stereocenters. The number of hydrogen-bond acceptors (Lipinski definition) is 1. The number of rotatable bonds is 15. The molecule has 0 radical (unpaired) electrons. The van der Waals surface area contributed by atoms with Gasteiger partial charge in [0.1, 0.15) is 0 Å². The summed E-state index contributed by atoms with van der Waals surface area (Å²) in [4.78, 5) is 0. The van der Waals surface area contributed by atoms with Gasteiger partial charge in [0.2, 0.25) is 0 Å². The second-order valence-corrected chi connectivity index (χ2v) is 5.66. The predicted octanol–water partition coefficient (Wildman–Crippen LogP) is 6.02. The molecular formula is C18H36O. The molecule has 0 saturated carbocycles. The van der Waals surface area contributed by atoms with Crippen molar-refractivity contribution in [2.45, 2.75) is 96.8 Å². The van der Waals surface area contributed by atoms with Gasteiger partial charge in [-0.3, -0.25) is 0 Å². The van der Waals surface area contributed by atoms with Gasteiger partial charge in [0.25, 0.3) is 0 Å². The number of unbranched alkanes of at least 4 members (excludes halogenated alkanes) is 12. The van der Waals surface area contributed by atoms with Crippen LogP contribution in [-0.4, -0.2) is 11.7 Å². The molecule has 0 rings (SSSR count). The van der Waals surface area contributed by atoms with E-state index < -0.39 is 0 Å². The number of aliphatic hydroxyl groups excluding tert-OH is 1. The fraction of sp³-hybridized carbons (Fsp3) is 0.889. The van der Waals surface area contributed by atoms with Gasteiger partial charge in [0.15, 0.2) is 0 Å². The molecule has 1 heteroatoms. The maximum atomic E-state index is 8.66. The number of aliphatic hydroxyl groups is 1. The zero-order chi connectivity index (χ0) is 14.0. The minimum absolute atomic E-state index is 0.364. The van der Waals surface area contributed by atoms with E-state index in [0.29, 0.717) is 6.61 Å². The van der Waals surface area contributed by atoms with Crippen molar-refractivity contribution in [2.24, 2.45) is 0 Å². The highest BCUT2D eigenvalue weighted by Crippen LogP contribution is 2.09. The van der Waals surface area contributed by atoms with E-state index in [0.717, 1.165) is 6.42 Å². The second kappa shape index (κ2) is 17.7. The van der Waals surface area contributed by atoms with Crippen LogP contribution in [0, 0.1) is 0 Å². The summed E-state index contributed by atoms with van der Waals surface area (Å²) in [7, 11) is 0. The van der Waals surface area contributed by atoms with Crippen LogP contribution in [0.25, 0.3) is 0 Å². The summed E-state index contributed by atoms with van der Waals surface area (Å²) in [6.07, 6.45) is 23.2. The monoisotopic (exact) mass is 268 g/mol. The van der Waals surface area contributed by atoms with Crippen molar-refractivity contribution in [1.29, 1.82) is 0 Å². The average Bonchev–Trinajstić information content (AvgIpc) is 2.43. The summed E-state index contributed by atoms with van der Waals surface area (Å²) in [6, 6.07) is 0. The van der Waals surface area contributed by atoms with E-state index in [-0.39, 0.29) is 0 Å². The van der Waals surface area contributed by atoms with Gasteiger partial charge in [-0.15, -0.1) is 0 Å². The highest BCUT2D eigenvalue weighted by atomic mass is 16.2. The summed E-state index contributed by atoms with van der Waals surface area (Å²) >= 11 is 0. The molecule has 0 saturated heterocycles. The molecule has 0 aromatic carbocycles. The van der Waals surface area contributed by atoms with E-state index in [9.17, 15) is 0 Å². The lowest BCUT2D eigenvalue weighted by Gasteiger charge is -1.99. The molecule has 0 aromatic heterocycles. The molecule has 0 spiro atoms. The molecule has 19 heavy (non-hydrogen) atoms. The maximum absolute atomic E-state index is 8.66. The average molecular weight is 268 g/mol. The Kier molecular flexibility index (Phi) is 17.4. The minimum Gasteiger partial charge on any atom is -0.396 e. The zero-order valence-corrected chi connectivity index (χ0v) is 13.2. The van der Waals surface area contributed by atoms with Crippen LogP contribution in [0.1, 0.15) is 96.8 Å². The first kappa shape index (κ1) is 18.7. The smallest absolute Gasteiger partial charge is 0.0431 e. The van der Waals surface area contributed by atoms with Crippen molar-refractivity contribution in [2.75, 3.05) is 6.61 Å². The highest BCUT2D eigenvalue weighted by molar-refractivity contribution is 4.81. The number of hydrogen-bond donors (Lipinski definition) is 1. The Labute approximate surface area is 121 Å². The Morgan fingerprint density at radius 3 is 1.47 bits per heavy atom. The number of allylic oxidation sites excluding steroid dienone is 2. The third-order valence-electron chi connectivity index (χ3n) is 3.67. The van der Waals surface area contributed by atoms with Gasteiger partial charge >= 0.3 is 0 Å². The van der Waals surface area contributed by atoms with Gasteiger partial charge in [-0.05, 0) is 32.1 Å². The zero-order valence-electron chi connectivity index (χ0n) is 13.2. The predicted molar refractivity (Wildman–Crippen MR) is 86.5 cm³/mol. The minimum atomic E-state index is 0.364. The van der Waals surface area contributed by atoms with Crippen molar-refractivity contribution in [1.82, 2.24) is 0 Å². The van der Waals surface area contributed by atoms with Gasteiger partial charge in [0.05, 0.1) is 0 Å². The van der Waals surface area contributed by atoms with Crippen molar-refractivity contribution in [3.63, 3.8) is 0 Å². The Morgan fingerprint density at radius 1 is 0.579 bits per heavy atom. The van der Waals surface area contributed by atoms with Crippen molar-refractivity contribution in [3.8, 4) is 0 Å². The first-order valence-corrected chi connectivity index (χ1v) is 8.67. The highest BCUT2D eigenvalue weighted by Gasteiger charge is 1.91. The quantitative estimate of drug-likeness (QED) is 0.284. The molecule has 0 aliphatic rings. The van der Waals surface area contributed by atoms with Gasteiger partial charge in [-0.25, -0.2) is 0 Å². The molecule has 0 aliphatic heterocycles. The molecule has 0 unspecified atom stereocenters. The topological polar surface area (TPSA) is 20.2 Å². The SMILES string of the molecule is CCCCCCC/C=C\CCCCCCCCCO. The van der Waals surface area contributed by atoms with E-state index in [1.807, 2.05) is 0 Å². The lowest BCUT2D eigenvalue weighted by molar-refractivity contribution is 0.282. The van der Waals surface area contributed by atoms with Crippen LogP contribution < -0.4 is 0 Å². The van der Waals surface area contributed by atoms with Gasteiger partial charge in [-0.1, -0.05) is 76.9 Å². The van der Waals surface area contributed by atoms with Crippen molar-refractivity contribution in [3.05, 3.63) is 12.2 Å². The normalized spacial score (nSPS) is 11.5. The molecule has 0 aliphatic carbocycles. The molecule has 0 bridgehead atoms. The third kappa shape index (κ3) is 17.7. The van der Waals surface area contributed by atoms with Crippen molar-refractivity contribution >= 4 is 0 Å².